The van der Waals surface area contributed by atoms with Gasteiger partial charge in [0, 0.05) is 18.4 Å². The van der Waals surface area contributed by atoms with Crippen LogP contribution in [0.5, 0.6) is 0 Å². The zero-order chi connectivity index (χ0) is 19.3. The highest BCUT2D eigenvalue weighted by molar-refractivity contribution is 5.91. The molecule has 0 aliphatic carbocycles. The van der Waals surface area contributed by atoms with Crippen LogP contribution in [0.1, 0.15) is 11.1 Å². The monoisotopic (exact) mass is 374 g/mol. The molecule has 5 atom stereocenters. The largest absolute Gasteiger partial charge is 0.550 e. The van der Waals surface area contributed by atoms with Crippen molar-refractivity contribution in [3.05, 3.63) is 83.9 Å². The highest BCUT2D eigenvalue weighted by atomic mass is 16.5. The van der Waals surface area contributed by atoms with E-state index in [0.29, 0.717) is 13.0 Å². The van der Waals surface area contributed by atoms with Gasteiger partial charge in [-0.15, -0.1) is 0 Å². The lowest BCUT2D eigenvalue weighted by Crippen LogP contribution is -2.47. The number of aliphatic carboxylic acids is 1. The van der Waals surface area contributed by atoms with Gasteiger partial charge in [-0.2, -0.15) is 0 Å². The van der Waals surface area contributed by atoms with Gasteiger partial charge < -0.3 is 19.5 Å². The first-order chi connectivity index (χ1) is 13.6. The summed E-state index contributed by atoms with van der Waals surface area (Å²) >= 11 is 0. The van der Waals surface area contributed by atoms with Crippen LogP contribution in [-0.2, 0) is 27.3 Å². The minimum atomic E-state index is -1.21. The highest BCUT2D eigenvalue weighted by Gasteiger charge is 2.69. The van der Waals surface area contributed by atoms with Crippen molar-refractivity contribution in [1.82, 2.24) is 4.90 Å². The Balaban J connectivity index is 1.56. The summed E-state index contributed by atoms with van der Waals surface area (Å²) in [4.78, 5) is 27.0. The molecule has 0 saturated carbocycles. The maximum absolute atomic E-state index is 13.4. The lowest BCUT2D eigenvalue weighted by atomic mass is 9.74. The first-order valence-electron chi connectivity index (χ1n) is 9.56. The summed E-state index contributed by atoms with van der Waals surface area (Å²) in [5, 5.41) is 11.8. The molecule has 5 heteroatoms. The van der Waals surface area contributed by atoms with Crippen molar-refractivity contribution >= 4 is 11.9 Å². The van der Waals surface area contributed by atoms with Gasteiger partial charge in [-0.1, -0.05) is 72.8 Å². The average molecular weight is 374 g/mol. The van der Waals surface area contributed by atoms with Crippen LogP contribution in [0, 0.1) is 11.8 Å². The average Bonchev–Trinajstić information content (AvgIpc) is 3.34. The Bertz CT molecular complexity index is 942. The number of carbonyl (C=O) groups is 2. The Morgan fingerprint density at radius 1 is 1.04 bits per heavy atom. The second-order valence-electron chi connectivity index (χ2n) is 7.77. The van der Waals surface area contributed by atoms with Gasteiger partial charge in [0.1, 0.15) is 5.60 Å². The van der Waals surface area contributed by atoms with Gasteiger partial charge in [0.25, 0.3) is 0 Å². The van der Waals surface area contributed by atoms with E-state index in [1.54, 1.807) is 11.0 Å². The van der Waals surface area contributed by atoms with E-state index in [4.69, 9.17) is 4.74 Å². The normalized spacial score (nSPS) is 32.7. The maximum Gasteiger partial charge on any atom is 0.230 e. The lowest BCUT2D eigenvalue weighted by molar-refractivity contribution is -0.313. The number of nitrogens with zero attached hydrogens (tertiary/aromatic N) is 1. The third-order valence-electron chi connectivity index (χ3n) is 6.27. The van der Waals surface area contributed by atoms with Gasteiger partial charge in [-0.3, -0.25) is 4.79 Å². The van der Waals surface area contributed by atoms with Gasteiger partial charge in [0.2, 0.25) is 5.91 Å². The Hall–Kier alpha value is -2.92. The van der Waals surface area contributed by atoms with Crippen LogP contribution < -0.4 is 5.11 Å². The molecule has 0 aromatic heterocycles. The third kappa shape index (κ3) is 2.43. The van der Waals surface area contributed by atoms with Crippen LogP contribution >= 0.6 is 0 Å². The number of ether oxygens (including phenoxy) is 1. The molecule has 3 aliphatic heterocycles. The number of likely N-dealkylation sites (tertiary alicyclic amines) is 1. The van der Waals surface area contributed by atoms with Crippen LogP contribution in [0.3, 0.4) is 0 Å². The number of rotatable bonds is 5. The number of carbonyl (C=O) groups excluding carboxylic acids is 2. The summed E-state index contributed by atoms with van der Waals surface area (Å²) in [5.41, 5.74) is 1.19. The van der Waals surface area contributed by atoms with Crippen molar-refractivity contribution in [3.63, 3.8) is 0 Å². The molecule has 0 N–H and O–H groups in total. The first kappa shape index (κ1) is 17.2. The number of amides is 1. The maximum atomic E-state index is 13.4. The van der Waals surface area contributed by atoms with E-state index in [9.17, 15) is 14.7 Å². The fraction of sp³-hybridized carbons (Fsp3) is 0.304. The Morgan fingerprint density at radius 2 is 1.68 bits per heavy atom. The minimum absolute atomic E-state index is 0.161. The number of fused-ring (bicyclic) bond motifs is 1. The zero-order valence-corrected chi connectivity index (χ0v) is 15.2. The summed E-state index contributed by atoms with van der Waals surface area (Å²) in [6.07, 6.45) is 3.72. The minimum Gasteiger partial charge on any atom is -0.550 e. The van der Waals surface area contributed by atoms with Crippen molar-refractivity contribution in [3.8, 4) is 0 Å². The summed E-state index contributed by atoms with van der Waals surface area (Å²) < 4.78 is 6.19. The summed E-state index contributed by atoms with van der Waals surface area (Å²) in [6.45, 7) is 0.428. The van der Waals surface area contributed by atoms with Gasteiger partial charge >= 0.3 is 0 Å². The second-order valence-corrected chi connectivity index (χ2v) is 7.77. The van der Waals surface area contributed by atoms with E-state index in [-0.39, 0.29) is 11.9 Å². The van der Waals surface area contributed by atoms with E-state index in [0.717, 1.165) is 11.1 Å². The van der Waals surface area contributed by atoms with Crippen LogP contribution in [0.2, 0.25) is 0 Å². The smallest absolute Gasteiger partial charge is 0.230 e. The summed E-state index contributed by atoms with van der Waals surface area (Å²) in [6, 6.07) is 19.4. The molecule has 5 rings (SSSR count). The van der Waals surface area contributed by atoms with E-state index >= 15 is 0 Å². The quantitative estimate of drug-likeness (QED) is 0.741. The van der Waals surface area contributed by atoms with Crippen LogP contribution in [-0.4, -0.2) is 34.5 Å². The van der Waals surface area contributed by atoms with Gasteiger partial charge in [0.15, 0.2) is 0 Å². The molecule has 5 nitrogen and oxygen atoms in total. The molecule has 3 heterocycles. The molecule has 0 unspecified atom stereocenters. The van der Waals surface area contributed by atoms with Crippen molar-refractivity contribution < 1.29 is 19.4 Å². The van der Waals surface area contributed by atoms with Crippen molar-refractivity contribution in [2.24, 2.45) is 11.8 Å². The van der Waals surface area contributed by atoms with Crippen LogP contribution in [0.25, 0.3) is 0 Å². The van der Waals surface area contributed by atoms with Crippen LogP contribution in [0.15, 0.2) is 72.8 Å². The predicted molar refractivity (Wildman–Crippen MR) is 99.7 cm³/mol. The van der Waals surface area contributed by atoms with Gasteiger partial charge in [-0.25, -0.2) is 0 Å². The molecule has 142 valence electrons. The number of carboxylic acids is 1. The van der Waals surface area contributed by atoms with E-state index in [2.05, 4.69) is 0 Å². The Labute approximate surface area is 163 Å². The predicted octanol–water partition coefficient (Wildman–Crippen LogP) is 1.33. The number of hydrogen-bond acceptors (Lipinski definition) is 4. The third-order valence-corrected chi connectivity index (χ3v) is 6.27. The van der Waals surface area contributed by atoms with Gasteiger partial charge in [0.05, 0.1) is 18.1 Å². The standard InChI is InChI=1S/C23H21NO4/c25-21-20-19(22(26)27)17-11-12-23(20,28-17)18(13-15-7-3-1-4-8-15)24(21)14-16-9-5-2-6-10-16/h1-12,17-20H,13-14H2,(H,26,27)/p-1/t17-,18-,19+,20+,23-/m1/s1. The SMILES string of the molecule is O=C([O-])[C@@H]1[C@H]2C(=O)N(Cc3ccccc3)[C@H](Cc3ccccc3)[C@]23C=C[C@H]1O3. The molecule has 0 radical (unpaired) electrons. The fourth-order valence-electron chi connectivity index (χ4n) is 5.06. The number of benzene rings is 2. The Kier molecular flexibility index (Phi) is 3.88. The van der Waals surface area contributed by atoms with E-state index < -0.39 is 29.5 Å². The molecule has 2 aromatic rings. The molecule has 3 aliphatic rings. The van der Waals surface area contributed by atoms with E-state index in [1.165, 1.54) is 0 Å². The fourth-order valence-corrected chi connectivity index (χ4v) is 5.06. The molecule has 2 bridgehead atoms. The van der Waals surface area contributed by atoms with Crippen molar-refractivity contribution in [1.29, 1.82) is 0 Å². The second kappa shape index (κ2) is 6.31. The molecule has 2 fully saturated rings. The molecular weight excluding hydrogens is 354 g/mol. The van der Waals surface area contributed by atoms with Crippen molar-refractivity contribution in [2.75, 3.05) is 0 Å². The highest BCUT2D eigenvalue weighted by Crippen LogP contribution is 2.55. The zero-order valence-electron chi connectivity index (χ0n) is 15.2. The topological polar surface area (TPSA) is 69.7 Å². The molecule has 28 heavy (non-hydrogen) atoms. The van der Waals surface area contributed by atoms with E-state index in [1.807, 2.05) is 66.7 Å². The summed E-state index contributed by atoms with van der Waals surface area (Å²) in [7, 11) is 0. The van der Waals surface area contributed by atoms with Crippen LogP contribution in [0.4, 0.5) is 0 Å². The first-order valence-corrected chi connectivity index (χ1v) is 9.56. The number of hydrogen-bond donors (Lipinski definition) is 0. The number of carboxylic acid groups (broad SMARTS) is 1. The summed E-state index contributed by atoms with van der Waals surface area (Å²) in [5.74, 6) is -3.04. The molecule has 2 aromatic carbocycles. The molecule has 1 amide bonds. The van der Waals surface area contributed by atoms with Gasteiger partial charge in [-0.05, 0) is 17.5 Å². The lowest BCUT2D eigenvalue weighted by Gasteiger charge is -2.33. The van der Waals surface area contributed by atoms with Crippen molar-refractivity contribution in [2.45, 2.75) is 30.7 Å². The Morgan fingerprint density at radius 3 is 2.32 bits per heavy atom. The molecule has 2 saturated heterocycles. The molecular formula is C23H20NO4-. The molecule has 1 spiro atoms.